The first-order valence-electron chi connectivity index (χ1n) is 11.0. The Hall–Kier alpha value is -3.84. The summed E-state index contributed by atoms with van der Waals surface area (Å²) in [5.74, 6) is -1.75. The molecule has 1 aliphatic heterocycles. The van der Waals surface area contributed by atoms with Crippen LogP contribution < -0.4 is 14.4 Å². The summed E-state index contributed by atoms with van der Waals surface area (Å²) in [6.07, 6.45) is 0.845. The van der Waals surface area contributed by atoms with Gasteiger partial charge in [-0.1, -0.05) is 36.7 Å². The highest BCUT2D eigenvalue weighted by atomic mass is 35.5. The SMILES string of the molecule is CCCOc1ccc(/C(O)=C2\C(=O)C(=O)N(c3ccc(F)c(Cl)c3)C2c2ccccc2OC)cc1. The average Bonchev–Trinajstić information content (AvgIpc) is 3.14. The summed E-state index contributed by atoms with van der Waals surface area (Å²) in [7, 11) is 1.47. The lowest BCUT2D eigenvalue weighted by atomic mass is 9.94. The summed E-state index contributed by atoms with van der Waals surface area (Å²) in [6, 6.07) is 16.2. The van der Waals surface area contributed by atoms with Gasteiger partial charge in [-0.3, -0.25) is 14.5 Å². The van der Waals surface area contributed by atoms with E-state index < -0.39 is 23.5 Å². The second-order valence-electron chi connectivity index (χ2n) is 7.88. The number of ketones is 1. The number of anilines is 1. The van der Waals surface area contributed by atoms with Gasteiger partial charge in [0.1, 0.15) is 23.1 Å². The second-order valence-corrected chi connectivity index (χ2v) is 8.29. The zero-order chi connectivity index (χ0) is 25.1. The standard InChI is InChI=1S/C27H23ClFNO5/c1-3-14-35-18-11-8-16(9-12-18)25(31)23-24(19-6-4-5-7-22(19)34-2)30(27(33)26(23)32)17-10-13-21(29)20(28)15-17/h4-13,15,24,31H,3,14H2,1-2H3/b25-23+. The fraction of sp³-hybridized carbons (Fsp3) is 0.185. The minimum absolute atomic E-state index is 0.123. The molecule has 180 valence electrons. The maximum absolute atomic E-state index is 13.9. The van der Waals surface area contributed by atoms with Crippen molar-refractivity contribution in [2.75, 3.05) is 18.6 Å². The molecule has 1 saturated heterocycles. The maximum atomic E-state index is 13.9. The van der Waals surface area contributed by atoms with Crippen molar-refractivity contribution in [2.45, 2.75) is 19.4 Å². The van der Waals surface area contributed by atoms with Gasteiger partial charge in [-0.25, -0.2) is 4.39 Å². The number of Topliss-reactive ketones (excluding diaryl/α,β-unsaturated/α-hetero) is 1. The van der Waals surface area contributed by atoms with E-state index in [-0.39, 0.29) is 22.0 Å². The monoisotopic (exact) mass is 495 g/mol. The van der Waals surface area contributed by atoms with Gasteiger partial charge < -0.3 is 14.6 Å². The predicted octanol–water partition coefficient (Wildman–Crippen LogP) is 5.90. The summed E-state index contributed by atoms with van der Waals surface area (Å²) in [5, 5.41) is 11.0. The van der Waals surface area contributed by atoms with Gasteiger partial charge in [0.25, 0.3) is 11.7 Å². The van der Waals surface area contributed by atoms with Gasteiger partial charge in [0.2, 0.25) is 0 Å². The van der Waals surface area contributed by atoms with Crippen molar-refractivity contribution < 1.29 is 28.6 Å². The summed E-state index contributed by atoms with van der Waals surface area (Å²) in [5.41, 5.74) is 0.891. The first kappa shape index (κ1) is 24.3. The number of halogens is 2. The molecule has 1 heterocycles. The highest BCUT2D eigenvalue weighted by Crippen LogP contribution is 2.45. The summed E-state index contributed by atoms with van der Waals surface area (Å²) >= 11 is 5.98. The first-order valence-corrected chi connectivity index (χ1v) is 11.4. The summed E-state index contributed by atoms with van der Waals surface area (Å²) in [4.78, 5) is 27.7. The minimum Gasteiger partial charge on any atom is -0.507 e. The van der Waals surface area contributed by atoms with E-state index in [1.54, 1.807) is 48.5 Å². The Labute approximate surface area is 207 Å². The average molecular weight is 496 g/mol. The van der Waals surface area contributed by atoms with Crippen molar-refractivity contribution in [1.82, 2.24) is 0 Å². The molecule has 0 bridgehead atoms. The molecular weight excluding hydrogens is 473 g/mol. The molecule has 1 amide bonds. The predicted molar refractivity (Wildman–Crippen MR) is 131 cm³/mol. The van der Waals surface area contributed by atoms with Gasteiger partial charge in [0.05, 0.1) is 30.4 Å². The molecule has 0 spiro atoms. The topological polar surface area (TPSA) is 76.1 Å². The third-order valence-corrected chi connectivity index (χ3v) is 5.95. The number of ether oxygens (including phenoxy) is 2. The number of benzene rings is 3. The number of carbonyl (C=O) groups is 2. The third kappa shape index (κ3) is 4.59. The van der Waals surface area contributed by atoms with E-state index in [0.29, 0.717) is 29.2 Å². The number of para-hydroxylation sites is 1. The van der Waals surface area contributed by atoms with E-state index in [0.717, 1.165) is 12.5 Å². The molecular formula is C27H23ClFNO5. The Morgan fingerprint density at radius 3 is 2.46 bits per heavy atom. The lowest BCUT2D eigenvalue weighted by Gasteiger charge is -2.26. The van der Waals surface area contributed by atoms with Gasteiger partial charge in [-0.15, -0.1) is 0 Å². The van der Waals surface area contributed by atoms with Crippen LogP contribution in [0.5, 0.6) is 11.5 Å². The molecule has 1 fully saturated rings. The number of amides is 1. The van der Waals surface area contributed by atoms with E-state index in [4.69, 9.17) is 21.1 Å². The quantitative estimate of drug-likeness (QED) is 0.251. The fourth-order valence-electron chi connectivity index (χ4n) is 4.00. The largest absolute Gasteiger partial charge is 0.507 e. The van der Waals surface area contributed by atoms with Crippen LogP contribution in [-0.4, -0.2) is 30.5 Å². The second kappa shape index (κ2) is 10.2. The molecule has 0 radical (unpaired) electrons. The van der Waals surface area contributed by atoms with Crippen molar-refractivity contribution in [3.63, 3.8) is 0 Å². The fourth-order valence-corrected chi connectivity index (χ4v) is 4.18. The summed E-state index contributed by atoms with van der Waals surface area (Å²) < 4.78 is 24.9. The normalized spacial score (nSPS) is 17.0. The molecule has 35 heavy (non-hydrogen) atoms. The molecule has 1 aliphatic rings. The zero-order valence-electron chi connectivity index (χ0n) is 19.1. The third-order valence-electron chi connectivity index (χ3n) is 5.66. The zero-order valence-corrected chi connectivity index (χ0v) is 19.9. The number of methoxy groups -OCH3 is 1. The van der Waals surface area contributed by atoms with Crippen molar-refractivity contribution >= 4 is 34.7 Å². The van der Waals surface area contributed by atoms with Gasteiger partial charge in [0, 0.05) is 16.8 Å². The molecule has 1 unspecified atom stereocenters. The van der Waals surface area contributed by atoms with Crippen molar-refractivity contribution in [1.29, 1.82) is 0 Å². The van der Waals surface area contributed by atoms with E-state index in [2.05, 4.69) is 0 Å². The molecule has 1 N–H and O–H groups in total. The van der Waals surface area contributed by atoms with Crippen molar-refractivity contribution in [2.24, 2.45) is 0 Å². The van der Waals surface area contributed by atoms with Gasteiger partial charge in [-0.2, -0.15) is 0 Å². The van der Waals surface area contributed by atoms with Crippen LogP contribution in [0.3, 0.4) is 0 Å². The molecule has 3 aromatic carbocycles. The van der Waals surface area contributed by atoms with Crippen LogP contribution in [0.25, 0.3) is 5.76 Å². The molecule has 1 atom stereocenters. The van der Waals surface area contributed by atoms with Crippen LogP contribution in [0.15, 0.2) is 72.3 Å². The lowest BCUT2D eigenvalue weighted by Crippen LogP contribution is -2.29. The number of aliphatic hydroxyl groups is 1. The number of aliphatic hydroxyl groups excluding tert-OH is 1. The van der Waals surface area contributed by atoms with Crippen LogP contribution in [0.4, 0.5) is 10.1 Å². The van der Waals surface area contributed by atoms with Crippen molar-refractivity contribution in [3.8, 4) is 11.5 Å². The van der Waals surface area contributed by atoms with Crippen LogP contribution in [0, 0.1) is 5.82 Å². The highest BCUT2D eigenvalue weighted by Gasteiger charge is 2.48. The molecule has 6 nitrogen and oxygen atoms in total. The number of hydrogen-bond donors (Lipinski definition) is 1. The Morgan fingerprint density at radius 1 is 1.09 bits per heavy atom. The molecule has 0 saturated carbocycles. The number of nitrogens with zero attached hydrogens (tertiary/aromatic N) is 1. The molecule has 8 heteroatoms. The van der Waals surface area contributed by atoms with Gasteiger partial charge in [-0.05, 0) is 55.0 Å². The van der Waals surface area contributed by atoms with Crippen LogP contribution in [-0.2, 0) is 9.59 Å². The Kier molecular flexibility index (Phi) is 7.07. The van der Waals surface area contributed by atoms with Crippen LogP contribution in [0.2, 0.25) is 5.02 Å². The molecule has 0 aliphatic carbocycles. The number of hydrogen-bond acceptors (Lipinski definition) is 5. The Bertz CT molecular complexity index is 1310. The van der Waals surface area contributed by atoms with Crippen LogP contribution >= 0.6 is 11.6 Å². The summed E-state index contributed by atoms with van der Waals surface area (Å²) in [6.45, 7) is 2.54. The van der Waals surface area contributed by atoms with E-state index in [1.165, 1.54) is 24.1 Å². The Morgan fingerprint density at radius 2 is 1.80 bits per heavy atom. The minimum atomic E-state index is -1.04. The Balaban J connectivity index is 1.90. The maximum Gasteiger partial charge on any atom is 0.300 e. The molecule has 0 aromatic heterocycles. The lowest BCUT2D eigenvalue weighted by molar-refractivity contribution is -0.132. The molecule has 4 rings (SSSR count). The van der Waals surface area contributed by atoms with E-state index >= 15 is 0 Å². The number of rotatable bonds is 7. The van der Waals surface area contributed by atoms with E-state index in [1.807, 2.05) is 6.92 Å². The van der Waals surface area contributed by atoms with Gasteiger partial charge in [0.15, 0.2) is 0 Å². The first-order chi connectivity index (χ1) is 16.9. The molecule has 3 aromatic rings. The highest BCUT2D eigenvalue weighted by molar-refractivity contribution is 6.51. The van der Waals surface area contributed by atoms with Crippen molar-refractivity contribution in [3.05, 3.63) is 94.3 Å². The smallest absolute Gasteiger partial charge is 0.300 e. The van der Waals surface area contributed by atoms with Crippen LogP contribution in [0.1, 0.15) is 30.5 Å². The van der Waals surface area contributed by atoms with E-state index in [9.17, 15) is 19.1 Å². The van der Waals surface area contributed by atoms with Gasteiger partial charge >= 0.3 is 0 Å². The number of carbonyl (C=O) groups excluding carboxylic acids is 2.